The van der Waals surface area contributed by atoms with Crippen molar-refractivity contribution in [2.45, 2.75) is 32.4 Å². The molecule has 2 atom stereocenters. The molecule has 0 radical (unpaired) electrons. The van der Waals surface area contributed by atoms with E-state index in [1.165, 1.54) is 0 Å². The predicted octanol–water partition coefficient (Wildman–Crippen LogP) is 1.39. The van der Waals surface area contributed by atoms with Gasteiger partial charge >= 0.3 is 5.97 Å². The summed E-state index contributed by atoms with van der Waals surface area (Å²) < 4.78 is 4.84. The highest BCUT2D eigenvalue weighted by Crippen LogP contribution is 2.11. The van der Waals surface area contributed by atoms with Crippen molar-refractivity contribution in [1.82, 2.24) is 5.32 Å². The Balaban J connectivity index is 2.59. The lowest BCUT2D eigenvalue weighted by Crippen LogP contribution is -2.39. The second-order valence-electron chi connectivity index (χ2n) is 5.40. The molecule has 0 spiro atoms. The Bertz CT molecular complexity index is 592. The summed E-state index contributed by atoms with van der Waals surface area (Å²) in [6.07, 6.45) is 2.55. The fourth-order valence-electron chi connectivity index (χ4n) is 1.92. The zero-order valence-electron chi connectivity index (χ0n) is 14.7. The Morgan fingerprint density at radius 3 is 2.44 bits per heavy atom. The molecule has 0 aromatic heterocycles. The van der Waals surface area contributed by atoms with Crippen LogP contribution in [0, 0.1) is 0 Å². The Hall–Kier alpha value is -2.06. The van der Waals surface area contributed by atoms with Crippen molar-refractivity contribution >= 4 is 35.2 Å². The molecule has 138 valence electrons. The van der Waals surface area contributed by atoms with Gasteiger partial charge in [-0.3, -0.25) is 9.59 Å². The van der Waals surface area contributed by atoms with Gasteiger partial charge in [0.05, 0.1) is 12.6 Å². The van der Waals surface area contributed by atoms with E-state index < -0.39 is 24.0 Å². The average Bonchev–Trinajstić information content (AvgIpc) is 2.60. The van der Waals surface area contributed by atoms with Gasteiger partial charge in [0.1, 0.15) is 6.04 Å². The van der Waals surface area contributed by atoms with Crippen molar-refractivity contribution in [1.29, 1.82) is 0 Å². The Morgan fingerprint density at radius 2 is 1.88 bits per heavy atom. The molecule has 1 rings (SSSR count). The maximum atomic E-state index is 12.1. The van der Waals surface area contributed by atoms with Gasteiger partial charge in [-0.2, -0.15) is 11.8 Å². The number of thioether (sulfide) groups is 1. The molecule has 0 heterocycles. The monoisotopic (exact) mass is 367 g/mol. The number of rotatable bonds is 9. The first-order valence-corrected chi connectivity index (χ1v) is 9.41. The first kappa shape index (κ1) is 21.0. The Labute approximate surface area is 152 Å². The van der Waals surface area contributed by atoms with E-state index in [4.69, 9.17) is 10.5 Å². The van der Waals surface area contributed by atoms with Gasteiger partial charge in [-0.1, -0.05) is 0 Å². The largest absolute Gasteiger partial charge is 0.464 e. The molecule has 2 amide bonds. The van der Waals surface area contributed by atoms with E-state index in [-0.39, 0.29) is 12.5 Å². The number of carbonyl (C=O) groups excluding carboxylic acids is 3. The van der Waals surface area contributed by atoms with Crippen molar-refractivity contribution < 1.29 is 19.1 Å². The number of hydrogen-bond donors (Lipinski definition) is 3. The lowest BCUT2D eigenvalue weighted by molar-refractivity contribution is -0.144. The summed E-state index contributed by atoms with van der Waals surface area (Å²) in [6.45, 7) is 3.51. The van der Waals surface area contributed by atoms with Crippen LogP contribution in [0.15, 0.2) is 24.3 Å². The molecule has 0 saturated heterocycles. The minimum Gasteiger partial charge on any atom is -0.464 e. The number of nitrogens with two attached hydrogens (primary N) is 1. The number of amides is 2. The van der Waals surface area contributed by atoms with Crippen LogP contribution in [-0.2, 0) is 14.3 Å². The molecule has 0 bridgehead atoms. The van der Waals surface area contributed by atoms with Crippen LogP contribution in [0.5, 0.6) is 0 Å². The number of carbonyl (C=O) groups is 3. The van der Waals surface area contributed by atoms with Gasteiger partial charge < -0.3 is 21.1 Å². The third-order valence-electron chi connectivity index (χ3n) is 3.37. The van der Waals surface area contributed by atoms with Gasteiger partial charge in [-0.15, -0.1) is 0 Å². The van der Waals surface area contributed by atoms with Gasteiger partial charge in [0.2, 0.25) is 5.91 Å². The second-order valence-corrected chi connectivity index (χ2v) is 6.39. The minimum atomic E-state index is -0.735. The molecule has 0 aliphatic heterocycles. The summed E-state index contributed by atoms with van der Waals surface area (Å²) in [4.78, 5) is 35.6. The van der Waals surface area contributed by atoms with E-state index in [9.17, 15) is 14.4 Å². The lowest BCUT2D eigenvalue weighted by atomic mass is 10.1. The van der Waals surface area contributed by atoms with Gasteiger partial charge in [0, 0.05) is 11.3 Å². The third kappa shape index (κ3) is 7.15. The highest BCUT2D eigenvalue weighted by molar-refractivity contribution is 7.98. The smallest absolute Gasteiger partial charge is 0.328 e. The molecule has 0 fully saturated rings. The summed E-state index contributed by atoms with van der Waals surface area (Å²) in [6, 6.07) is 5.06. The molecular formula is C17H25N3O4S. The zero-order chi connectivity index (χ0) is 18.8. The van der Waals surface area contributed by atoms with Crippen molar-refractivity contribution in [2.75, 3.05) is 23.9 Å². The van der Waals surface area contributed by atoms with Gasteiger partial charge in [-0.05, 0) is 56.5 Å². The molecule has 25 heavy (non-hydrogen) atoms. The summed E-state index contributed by atoms with van der Waals surface area (Å²) in [5.41, 5.74) is 6.73. The number of hydrogen-bond acceptors (Lipinski definition) is 6. The molecule has 8 heteroatoms. The zero-order valence-corrected chi connectivity index (χ0v) is 15.5. The van der Waals surface area contributed by atoms with Crippen molar-refractivity contribution in [3.8, 4) is 0 Å². The predicted molar refractivity (Wildman–Crippen MR) is 99.6 cm³/mol. The number of benzene rings is 1. The van der Waals surface area contributed by atoms with Crippen LogP contribution in [-0.4, -0.2) is 48.5 Å². The quantitative estimate of drug-likeness (QED) is 0.569. The summed E-state index contributed by atoms with van der Waals surface area (Å²) in [7, 11) is 0. The van der Waals surface area contributed by atoms with E-state index in [1.807, 2.05) is 6.26 Å². The van der Waals surface area contributed by atoms with Crippen LogP contribution < -0.4 is 16.4 Å². The van der Waals surface area contributed by atoms with E-state index in [1.54, 1.807) is 49.9 Å². The molecule has 1 unspecified atom stereocenters. The van der Waals surface area contributed by atoms with Crippen LogP contribution in [0.2, 0.25) is 0 Å². The number of esters is 1. The average molecular weight is 367 g/mol. The molecule has 0 saturated carbocycles. The van der Waals surface area contributed by atoms with E-state index in [2.05, 4.69) is 10.6 Å². The van der Waals surface area contributed by atoms with Gasteiger partial charge in [0.15, 0.2) is 0 Å². The summed E-state index contributed by atoms with van der Waals surface area (Å²) in [5, 5.41) is 5.27. The molecule has 0 aliphatic rings. The highest BCUT2D eigenvalue weighted by Gasteiger charge is 2.18. The van der Waals surface area contributed by atoms with Crippen LogP contribution in [0.25, 0.3) is 0 Å². The Morgan fingerprint density at radius 1 is 1.24 bits per heavy atom. The summed E-state index contributed by atoms with van der Waals surface area (Å²) >= 11 is 1.63. The SMILES string of the molecule is CCOC(=O)C(C)NC(=O)c1ccc(NC(=O)[C@@H](N)CCSC)cc1. The summed E-state index contributed by atoms with van der Waals surface area (Å²) in [5.74, 6) is -0.331. The van der Waals surface area contributed by atoms with Gasteiger partial charge in [-0.25, -0.2) is 4.79 Å². The normalized spacial score (nSPS) is 12.8. The van der Waals surface area contributed by atoms with Crippen LogP contribution in [0.3, 0.4) is 0 Å². The second kappa shape index (κ2) is 10.7. The number of ether oxygens (including phenoxy) is 1. The molecule has 7 nitrogen and oxygen atoms in total. The first-order valence-electron chi connectivity index (χ1n) is 8.02. The molecule has 0 aliphatic carbocycles. The minimum absolute atomic E-state index is 0.256. The van der Waals surface area contributed by atoms with E-state index >= 15 is 0 Å². The van der Waals surface area contributed by atoms with E-state index in [0.717, 1.165) is 5.75 Å². The fraction of sp³-hybridized carbons (Fsp3) is 0.471. The first-order chi connectivity index (χ1) is 11.9. The number of nitrogens with one attached hydrogen (secondary N) is 2. The fourth-order valence-corrected chi connectivity index (χ4v) is 2.41. The van der Waals surface area contributed by atoms with Crippen molar-refractivity contribution in [3.05, 3.63) is 29.8 Å². The number of anilines is 1. The van der Waals surface area contributed by atoms with Crippen LogP contribution in [0.4, 0.5) is 5.69 Å². The third-order valence-corrected chi connectivity index (χ3v) is 4.02. The Kier molecular flexibility index (Phi) is 9.01. The molecule has 1 aromatic rings. The van der Waals surface area contributed by atoms with Crippen LogP contribution >= 0.6 is 11.8 Å². The molecule has 1 aromatic carbocycles. The van der Waals surface area contributed by atoms with Crippen LogP contribution in [0.1, 0.15) is 30.6 Å². The van der Waals surface area contributed by atoms with Gasteiger partial charge in [0.25, 0.3) is 5.91 Å². The topological polar surface area (TPSA) is 111 Å². The standard InChI is InChI=1S/C17H25N3O4S/c1-4-24-17(23)11(2)19-15(21)12-5-7-13(8-6-12)20-16(22)14(18)9-10-25-3/h5-8,11,14H,4,9-10,18H2,1-3H3,(H,19,21)(H,20,22)/t11?,14-/m0/s1. The lowest BCUT2D eigenvalue weighted by Gasteiger charge is -2.13. The molecule has 4 N–H and O–H groups in total. The maximum absolute atomic E-state index is 12.1. The van der Waals surface area contributed by atoms with Crippen molar-refractivity contribution in [2.24, 2.45) is 5.73 Å². The highest BCUT2D eigenvalue weighted by atomic mass is 32.2. The molecular weight excluding hydrogens is 342 g/mol. The maximum Gasteiger partial charge on any atom is 0.328 e. The van der Waals surface area contributed by atoms with E-state index in [0.29, 0.717) is 17.7 Å². The van der Waals surface area contributed by atoms with Crippen molar-refractivity contribution in [3.63, 3.8) is 0 Å².